The molecule has 140 valence electrons. The minimum absolute atomic E-state index is 0.271. The minimum atomic E-state index is 0.271. The largest absolute Gasteiger partial charge is 0.508 e. The number of rotatable bonds is 8. The van der Waals surface area contributed by atoms with Crippen molar-refractivity contribution in [1.29, 1.82) is 0 Å². The summed E-state index contributed by atoms with van der Waals surface area (Å²) in [4.78, 5) is 7.15. The third-order valence-electron chi connectivity index (χ3n) is 4.46. The molecule has 1 aliphatic rings. The van der Waals surface area contributed by atoms with Crippen LogP contribution in [0.1, 0.15) is 31.7 Å². The van der Waals surface area contributed by atoms with Crippen LogP contribution < -0.4 is 15.4 Å². The maximum atomic E-state index is 10.0. The van der Waals surface area contributed by atoms with Crippen molar-refractivity contribution in [2.45, 2.75) is 32.6 Å². The zero-order valence-electron chi connectivity index (χ0n) is 15.6. The van der Waals surface area contributed by atoms with Crippen molar-refractivity contribution >= 4 is 5.96 Å². The molecule has 3 N–H and O–H groups in total. The highest BCUT2D eigenvalue weighted by Gasteiger charge is 2.09. The van der Waals surface area contributed by atoms with Gasteiger partial charge in [-0.15, -0.1) is 0 Å². The fraction of sp³-hybridized carbons (Fsp3) is 0.632. The Morgan fingerprint density at radius 2 is 2.04 bits per heavy atom. The first kappa shape index (κ1) is 19.4. The Labute approximate surface area is 151 Å². The van der Waals surface area contributed by atoms with E-state index in [1.165, 1.54) is 32.4 Å². The van der Waals surface area contributed by atoms with Crippen LogP contribution in [0.25, 0.3) is 0 Å². The number of aliphatic imine (C=N–C) groups is 1. The third-order valence-corrected chi connectivity index (χ3v) is 4.46. The number of nitrogens with zero attached hydrogens (tertiary/aromatic N) is 2. The molecule has 0 aromatic heterocycles. The standard InChI is InChI=1S/C19H32N4O2/c1-3-20-19(22-11-14-23-12-5-4-6-13-23)21-10-9-16-7-8-17(25-2)15-18(16)24/h7-8,15,24H,3-6,9-14H2,1-2H3,(H2,20,21,22). The lowest BCUT2D eigenvalue weighted by atomic mass is 10.1. The topological polar surface area (TPSA) is 69.1 Å². The van der Waals surface area contributed by atoms with Gasteiger partial charge in [-0.1, -0.05) is 12.5 Å². The van der Waals surface area contributed by atoms with E-state index in [1.807, 2.05) is 12.1 Å². The molecule has 6 nitrogen and oxygen atoms in total. The van der Waals surface area contributed by atoms with Gasteiger partial charge in [0, 0.05) is 25.7 Å². The number of methoxy groups -OCH3 is 1. The highest BCUT2D eigenvalue weighted by Crippen LogP contribution is 2.23. The van der Waals surface area contributed by atoms with Gasteiger partial charge in [0.1, 0.15) is 11.5 Å². The van der Waals surface area contributed by atoms with Crippen molar-refractivity contribution in [1.82, 2.24) is 15.5 Å². The van der Waals surface area contributed by atoms with Crippen molar-refractivity contribution < 1.29 is 9.84 Å². The molecule has 0 spiro atoms. The molecule has 0 aliphatic carbocycles. The van der Waals surface area contributed by atoms with Crippen LogP contribution in [-0.2, 0) is 6.42 Å². The van der Waals surface area contributed by atoms with E-state index >= 15 is 0 Å². The molecule has 1 fully saturated rings. The van der Waals surface area contributed by atoms with E-state index in [-0.39, 0.29) is 5.75 Å². The SMILES string of the molecule is CCNC(=NCCN1CCCCC1)NCCc1ccc(OC)cc1O. The summed E-state index contributed by atoms with van der Waals surface area (Å²) in [6.07, 6.45) is 4.72. The first-order chi connectivity index (χ1) is 12.2. The van der Waals surface area contributed by atoms with E-state index in [1.54, 1.807) is 13.2 Å². The number of benzene rings is 1. The lowest BCUT2D eigenvalue weighted by molar-refractivity contribution is 0.235. The fourth-order valence-corrected chi connectivity index (χ4v) is 3.03. The first-order valence-corrected chi connectivity index (χ1v) is 9.33. The van der Waals surface area contributed by atoms with Crippen LogP contribution in [0, 0.1) is 0 Å². The van der Waals surface area contributed by atoms with Crippen molar-refractivity contribution in [3.05, 3.63) is 23.8 Å². The summed E-state index contributed by atoms with van der Waals surface area (Å²) >= 11 is 0. The summed E-state index contributed by atoms with van der Waals surface area (Å²) in [7, 11) is 1.60. The molecule has 25 heavy (non-hydrogen) atoms. The minimum Gasteiger partial charge on any atom is -0.508 e. The summed E-state index contributed by atoms with van der Waals surface area (Å²) in [5.41, 5.74) is 0.900. The van der Waals surface area contributed by atoms with Gasteiger partial charge in [-0.05, 0) is 50.9 Å². The van der Waals surface area contributed by atoms with E-state index in [4.69, 9.17) is 4.74 Å². The van der Waals surface area contributed by atoms with Crippen LogP contribution in [-0.4, -0.2) is 62.3 Å². The molecule has 2 rings (SSSR count). The zero-order chi connectivity index (χ0) is 17.9. The molecule has 1 heterocycles. The average molecular weight is 348 g/mol. The Morgan fingerprint density at radius 3 is 2.72 bits per heavy atom. The lowest BCUT2D eigenvalue weighted by Crippen LogP contribution is -2.39. The van der Waals surface area contributed by atoms with Crippen LogP contribution in [0.3, 0.4) is 0 Å². The molecule has 1 aromatic rings. The van der Waals surface area contributed by atoms with Crippen molar-refractivity contribution in [2.24, 2.45) is 4.99 Å². The molecule has 0 atom stereocenters. The number of guanidine groups is 1. The number of piperidine rings is 1. The van der Waals surface area contributed by atoms with E-state index in [9.17, 15) is 5.11 Å². The second-order valence-electron chi connectivity index (χ2n) is 6.33. The number of hydrogen-bond acceptors (Lipinski definition) is 4. The van der Waals surface area contributed by atoms with Crippen LogP contribution in [0.15, 0.2) is 23.2 Å². The zero-order valence-corrected chi connectivity index (χ0v) is 15.6. The van der Waals surface area contributed by atoms with Gasteiger partial charge in [0.05, 0.1) is 13.7 Å². The second kappa shape index (κ2) is 10.8. The van der Waals surface area contributed by atoms with Crippen molar-refractivity contribution in [3.8, 4) is 11.5 Å². The van der Waals surface area contributed by atoms with Gasteiger partial charge >= 0.3 is 0 Å². The molecular formula is C19H32N4O2. The number of phenolic OH excluding ortho intramolecular Hbond substituents is 1. The molecule has 0 saturated carbocycles. The molecule has 0 bridgehead atoms. The number of phenols is 1. The maximum Gasteiger partial charge on any atom is 0.191 e. The van der Waals surface area contributed by atoms with Crippen LogP contribution in [0.2, 0.25) is 0 Å². The van der Waals surface area contributed by atoms with E-state index < -0.39 is 0 Å². The summed E-state index contributed by atoms with van der Waals surface area (Å²) < 4.78 is 5.11. The number of ether oxygens (including phenoxy) is 1. The Bertz CT molecular complexity index is 542. The number of likely N-dealkylation sites (tertiary alicyclic amines) is 1. The number of aromatic hydroxyl groups is 1. The molecule has 0 radical (unpaired) electrons. The number of hydrogen-bond donors (Lipinski definition) is 3. The molecule has 1 aromatic carbocycles. The van der Waals surface area contributed by atoms with E-state index in [0.717, 1.165) is 44.1 Å². The summed E-state index contributed by atoms with van der Waals surface area (Å²) in [5, 5.41) is 16.6. The first-order valence-electron chi connectivity index (χ1n) is 9.33. The van der Waals surface area contributed by atoms with Gasteiger partial charge in [-0.3, -0.25) is 4.99 Å². The Balaban J connectivity index is 1.77. The maximum absolute atomic E-state index is 10.0. The van der Waals surface area contributed by atoms with Gasteiger partial charge in [-0.25, -0.2) is 0 Å². The number of nitrogens with one attached hydrogen (secondary N) is 2. The average Bonchev–Trinajstić information content (AvgIpc) is 2.64. The Morgan fingerprint density at radius 1 is 1.24 bits per heavy atom. The molecule has 6 heteroatoms. The van der Waals surface area contributed by atoms with Crippen LogP contribution in [0.5, 0.6) is 11.5 Å². The quantitative estimate of drug-likeness (QED) is 0.495. The monoisotopic (exact) mass is 348 g/mol. The molecule has 1 aliphatic heterocycles. The van der Waals surface area contributed by atoms with Crippen molar-refractivity contribution in [2.75, 3.05) is 46.4 Å². The fourth-order valence-electron chi connectivity index (χ4n) is 3.03. The molecular weight excluding hydrogens is 316 g/mol. The molecule has 0 amide bonds. The predicted molar refractivity (Wildman–Crippen MR) is 103 cm³/mol. The van der Waals surface area contributed by atoms with Gasteiger partial charge in [0.2, 0.25) is 0 Å². The van der Waals surface area contributed by atoms with Crippen molar-refractivity contribution in [3.63, 3.8) is 0 Å². The predicted octanol–water partition coefficient (Wildman–Crippen LogP) is 1.98. The van der Waals surface area contributed by atoms with Crippen LogP contribution >= 0.6 is 0 Å². The lowest BCUT2D eigenvalue weighted by Gasteiger charge is -2.25. The normalized spacial score (nSPS) is 15.8. The molecule has 0 unspecified atom stereocenters. The summed E-state index contributed by atoms with van der Waals surface area (Å²) in [6.45, 7) is 7.86. The van der Waals surface area contributed by atoms with Gasteiger partial charge in [-0.2, -0.15) is 0 Å². The van der Waals surface area contributed by atoms with E-state index in [2.05, 4.69) is 27.4 Å². The Hall–Kier alpha value is -1.95. The summed E-state index contributed by atoms with van der Waals surface area (Å²) in [6, 6.07) is 5.41. The Kier molecular flexibility index (Phi) is 8.39. The highest BCUT2D eigenvalue weighted by molar-refractivity contribution is 5.79. The van der Waals surface area contributed by atoms with Gasteiger partial charge in [0.15, 0.2) is 5.96 Å². The molecule has 1 saturated heterocycles. The second-order valence-corrected chi connectivity index (χ2v) is 6.33. The summed E-state index contributed by atoms with van der Waals surface area (Å²) in [5.74, 6) is 1.78. The van der Waals surface area contributed by atoms with E-state index in [0.29, 0.717) is 5.75 Å². The van der Waals surface area contributed by atoms with Crippen LogP contribution in [0.4, 0.5) is 0 Å². The highest BCUT2D eigenvalue weighted by atomic mass is 16.5. The third kappa shape index (κ3) is 6.82. The van der Waals surface area contributed by atoms with Gasteiger partial charge in [0.25, 0.3) is 0 Å². The van der Waals surface area contributed by atoms with Gasteiger partial charge < -0.3 is 25.4 Å². The smallest absolute Gasteiger partial charge is 0.191 e.